The molecule has 30 heavy (non-hydrogen) atoms. The maximum absolute atomic E-state index is 13.4. The van der Waals surface area contributed by atoms with Gasteiger partial charge in [-0.3, -0.25) is 9.36 Å². The largest absolute Gasteiger partial charge is 0.383 e. The second kappa shape index (κ2) is 8.33. The fourth-order valence-electron chi connectivity index (χ4n) is 2.99. The molecular weight excluding hydrogens is 420 g/mol. The molecule has 0 amide bonds. The summed E-state index contributed by atoms with van der Waals surface area (Å²) in [6.07, 6.45) is 0.959. The molecule has 3 aromatic carbocycles. The van der Waals surface area contributed by atoms with Crippen molar-refractivity contribution in [3.8, 4) is 11.4 Å². The first kappa shape index (κ1) is 20.2. The lowest BCUT2D eigenvalue weighted by Crippen LogP contribution is -2.22. The molecule has 1 aromatic heterocycles. The number of rotatable bonds is 6. The average molecular weight is 439 g/mol. The van der Waals surface area contributed by atoms with Gasteiger partial charge < -0.3 is 4.18 Å². The first-order valence-corrected chi connectivity index (χ1v) is 11.9. The molecule has 8 heteroatoms. The Kier molecular flexibility index (Phi) is 5.61. The SMILES string of the molecule is CS(=O)(=O)Oc1ccc2nc(SCc3ccccc3)n(-c3ccccc3)c(=O)c2c1. The lowest BCUT2D eigenvalue weighted by molar-refractivity contribution is 0.493. The smallest absolute Gasteiger partial charge is 0.306 e. The van der Waals surface area contributed by atoms with E-state index in [0.717, 1.165) is 11.8 Å². The van der Waals surface area contributed by atoms with Crippen LogP contribution in [0.5, 0.6) is 5.75 Å². The van der Waals surface area contributed by atoms with Gasteiger partial charge in [0.15, 0.2) is 5.16 Å². The van der Waals surface area contributed by atoms with Crippen molar-refractivity contribution in [3.63, 3.8) is 0 Å². The topological polar surface area (TPSA) is 78.3 Å². The first-order chi connectivity index (χ1) is 14.4. The van der Waals surface area contributed by atoms with Crippen molar-refractivity contribution in [1.29, 1.82) is 0 Å². The molecule has 0 radical (unpaired) electrons. The second-order valence-corrected chi connectivity index (χ2v) is 9.13. The van der Waals surface area contributed by atoms with Gasteiger partial charge in [-0.05, 0) is 35.9 Å². The van der Waals surface area contributed by atoms with Crippen LogP contribution >= 0.6 is 11.8 Å². The Balaban J connectivity index is 1.85. The van der Waals surface area contributed by atoms with Crippen LogP contribution in [0.3, 0.4) is 0 Å². The second-order valence-electron chi connectivity index (χ2n) is 6.61. The van der Waals surface area contributed by atoms with Crippen LogP contribution in [0.15, 0.2) is 88.8 Å². The van der Waals surface area contributed by atoms with Crippen molar-refractivity contribution in [2.75, 3.05) is 6.26 Å². The minimum absolute atomic E-state index is 0.0770. The van der Waals surface area contributed by atoms with Crippen molar-refractivity contribution >= 4 is 32.8 Å². The summed E-state index contributed by atoms with van der Waals surface area (Å²) in [5.41, 5.74) is 1.99. The van der Waals surface area contributed by atoms with Gasteiger partial charge in [0.2, 0.25) is 0 Å². The molecule has 0 unspecified atom stereocenters. The average Bonchev–Trinajstić information content (AvgIpc) is 2.73. The zero-order valence-electron chi connectivity index (χ0n) is 16.1. The number of hydrogen-bond acceptors (Lipinski definition) is 6. The van der Waals surface area contributed by atoms with E-state index in [4.69, 9.17) is 4.18 Å². The molecule has 6 nitrogen and oxygen atoms in total. The van der Waals surface area contributed by atoms with E-state index >= 15 is 0 Å². The summed E-state index contributed by atoms with van der Waals surface area (Å²) < 4.78 is 29.4. The number of para-hydroxylation sites is 1. The highest BCUT2D eigenvalue weighted by atomic mass is 32.2. The minimum atomic E-state index is -3.70. The van der Waals surface area contributed by atoms with Crippen LogP contribution in [-0.4, -0.2) is 24.2 Å². The van der Waals surface area contributed by atoms with Crippen LogP contribution in [0.1, 0.15) is 5.56 Å². The van der Waals surface area contributed by atoms with Gasteiger partial charge in [-0.2, -0.15) is 8.42 Å². The highest BCUT2D eigenvalue weighted by Gasteiger charge is 2.15. The summed E-state index contributed by atoms with van der Waals surface area (Å²) in [5.74, 6) is 0.731. The number of fused-ring (bicyclic) bond motifs is 1. The van der Waals surface area contributed by atoms with Crippen LogP contribution in [-0.2, 0) is 15.9 Å². The Labute approximate surface area is 178 Å². The van der Waals surface area contributed by atoms with Crippen LogP contribution in [0.4, 0.5) is 0 Å². The molecule has 0 atom stereocenters. The number of thioether (sulfide) groups is 1. The van der Waals surface area contributed by atoms with E-state index in [0.29, 0.717) is 22.1 Å². The third-order valence-corrected chi connectivity index (χ3v) is 5.79. The number of aromatic nitrogens is 2. The molecule has 4 rings (SSSR count). The summed E-state index contributed by atoms with van der Waals surface area (Å²) in [7, 11) is -3.70. The van der Waals surface area contributed by atoms with Crippen LogP contribution < -0.4 is 9.74 Å². The predicted molar refractivity (Wildman–Crippen MR) is 119 cm³/mol. The molecule has 0 aliphatic carbocycles. The van der Waals surface area contributed by atoms with Gasteiger partial charge in [0, 0.05) is 5.75 Å². The quantitative estimate of drug-likeness (QED) is 0.257. The molecule has 0 aliphatic rings. The minimum Gasteiger partial charge on any atom is -0.383 e. The molecule has 0 saturated heterocycles. The lowest BCUT2D eigenvalue weighted by Gasteiger charge is -2.14. The van der Waals surface area contributed by atoms with E-state index in [-0.39, 0.29) is 16.7 Å². The molecule has 4 aromatic rings. The van der Waals surface area contributed by atoms with E-state index in [1.165, 1.54) is 23.9 Å². The predicted octanol–water partition coefficient (Wildman–Crippen LogP) is 4.02. The van der Waals surface area contributed by atoms with Crippen LogP contribution in [0, 0.1) is 0 Å². The third-order valence-electron chi connectivity index (χ3n) is 4.28. The molecule has 152 valence electrons. The number of benzene rings is 3. The molecular formula is C22H18N2O4S2. The normalized spacial score (nSPS) is 11.5. The monoisotopic (exact) mass is 438 g/mol. The fraction of sp³-hybridized carbons (Fsp3) is 0.0909. The summed E-state index contributed by atoms with van der Waals surface area (Å²) >= 11 is 1.46. The van der Waals surface area contributed by atoms with Crippen molar-refractivity contribution in [1.82, 2.24) is 9.55 Å². The van der Waals surface area contributed by atoms with Crippen LogP contribution in [0.25, 0.3) is 16.6 Å². The van der Waals surface area contributed by atoms with E-state index in [9.17, 15) is 13.2 Å². The Hall–Kier alpha value is -3.10. The summed E-state index contributed by atoms with van der Waals surface area (Å²) in [4.78, 5) is 18.1. The van der Waals surface area contributed by atoms with E-state index in [2.05, 4.69) is 4.98 Å². The van der Waals surface area contributed by atoms with Gasteiger partial charge in [0.1, 0.15) is 5.75 Å². The molecule has 0 fully saturated rings. The van der Waals surface area contributed by atoms with Gasteiger partial charge in [0.05, 0.1) is 22.8 Å². The Morgan fingerprint density at radius 2 is 1.63 bits per heavy atom. The van der Waals surface area contributed by atoms with Gasteiger partial charge >= 0.3 is 10.1 Å². The zero-order valence-corrected chi connectivity index (χ0v) is 17.7. The van der Waals surface area contributed by atoms with Crippen molar-refractivity contribution in [2.45, 2.75) is 10.9 Å². The fourth-order valence-corrected chi connectivity index (χ4v) is 4.42. The Bertz CT molecular complexity index is 1350. The zero-order chi connectivity index (χ0) is 21.1. The molecule has 0 N–H and O–H groups in total. The van der Waals surface area contributed by atoms with E-state index < -0.39 is 10.1 Å². The first-order valence-electron chi connectivity index (χ1n) is 9.09. The van der Waals surface area contributed by atoms with Gasteiger partial charge in [0.25, 0.3) is 5.56 Å². The van der Waals surface area contributed by atoms with Gasteiger partial charge in [-0.15, -0.1) is 0 Å². The standard InChI is InChI=1S/C22H18N2O4S2/c1-30(26,27)28-18-12-13-20-19(14-18)21(25)24(17-10-6-3-7-11-17)22(23-20)29-15-16-8-4-2-5-9-16/h2-14H,15H2,1H3. The molecule has 1 heterocycles. The molecule has 0 aliphatic heterocycles. The Morgan fingerprint density at radius 1 is 0.967 bits per heavy atom. The van der Waals surface area contributed by atoms with Crippen molar-refractivity contribution in [3.05, 3.63) is 94.8 Å². The van der Waals surface area contributed by atoms with Gasteiger partial charge in [-0.25, -0.2) is 4.98 Å². The van der Waals surface area contributed by atoms with E-state index in [1.54, 1.807) is 10.6 Å². The molecule has 0 saturated carbocycles. The molecule has 0 bridgehead atoms. The summed E-state index contributed by atoms with van der Waals surface area (Å²) in [5, 5.41) is 0.836. The highest BCUT2D eigenvalue weighted by Crippen LogP contribution is 2.26. The van der Waals surface area contributed by atoms with E-state index in [1.807, 2.05) is 60.7 Å². The maximum atomic E-state index is 13.4. The lowest BCUT2D eigenvalue weighted by atomic mass is 10.2. The number of hydrogen-bond donors (Lipinski definition) is 0. The summed E-state index contributed by atoms with van der Waals surface area (Å²) in [6, 6.07) is 23.7. The van der Waals surface area contributed by atoms with Crippen molar-refractivity contribution in [2.24, 2.45) is 0 Å². The molecule has 0 spiro atoms. The third kappa shape index (κ3) is 4.55. The Morgan fingerprint density at radius 3 is 2.30 bits per heavy atom. The van der Waals surface area contributed by atoms with Crippen molar-refractivity contribution < 1.29 is 12.6 Å². The summed E-state index contributed by atoms with van der Waals surface area (Å²) in [6.45, 7) is 0. The highest BCUT2D eigenvalue weighted by molar-refractivity contribution is 7.98. The maximum Gasteiger partial charge on any atom is 0.306 e. The van der Waals surface area contributed by atoms with Gasteiger partial charge in [-0.1, -0.05) is 60.3 Å². The number of nitrogens with zero attached hydrogens (tertiary/aromatic N) is 2. The van der Waals surface area contributed by atoms with Crippen LogP contribution in [0.2, 0.25) is 0 Å².